The average molecular weight is 403 g/mol. The number of ether oxygens (including phenoxy) is 1. The first-order valence-corrected chi connectivity index (χ1v) is 12.3. The Balaban J connectivity index is 5.52. The van der Waals surface area contributed by atoms with Gasteiger partial charge in [0.1, 0.15) is 11.2 Å². The van der Waals surface area contributed by atoms with Crippen LogP contribution < -0.4 is 0 Å². The molecule has 0 amide bonds. The summed E-state index contributed by atoms with van der Waals surface area (Å²) in [4.78, 5) is 0. The number of hydrogen-bond acceptors (Lipinski definition) is 1. The standard InChI is InChI=1S/C28H50O/c1-7-13-15-17-19-25-27(21-9-3,22-10-4)29-28(23-11-5,24-12-6)26-20-18-16-14-8-2/h9-12,21-24H,7-8,13-20,25-26H2,1-6H3/b21-9-,22-10-,23-11-,24-12-. The van der Waals surface area contributed by atoms with Crippen molar-refractivity contribution in [2.75, 3.05) is 0 Å². The molecule has 29 heavy (non-hydrogen) atoms. The lowest BCUT2D eigenvalue weighted by atomic mass is 9.89. The number of allylic oxidation sites excluding steroid dienone is 4. The molecule has 0 aliphatic heterocycles. The van der Waals surface area contributed by atoms with Gasteiger partial charge in [0.2, 0.25) is 0 Å². The van der Waals surface area contributed by atoms with Gasteiger partial charge in [0.05, 0.1) is 0 Å². The molecule has 0 atom stereocenters. The van der Waals surface area contributed by atoms with Crippen molar-refractivity contribution in [3.05, 3.63) is 48.6 Å². The van der Waals surface area contributed by atoms with E-state index in [1.807, 2.05) is 0 Å². The second-order valence-corrected chi connectivity index (χ2v) is 8.34. The van der Waals surface area contributed by atoms with Crippen LogP contribution in [0.25, 0.3) is 0 Å². The maximum absolute atomic E-state index is 7.05. The normalized spacial score (nSPS) is 13.7. The van der Waals surface area contributed by atoms with Crippen LogP contribution in [0.5, 0.6) is 0 Å². The molecule has 0 radical (unpaired) electrons. The lowest BCUT2D eigenvalue weighted by Gasteiger charge is -2.39. The summed E-state index contributed by atoms with van der Waals surface area (Å²) in [5.41, 5.74) is -0.670. The first kappa shape index (κ1) is 27.9. The van der Waals surface area contributed by atoms with Gasteiger partial charge in [-0.1, -0.05) is 114 Å². The summed E-state index contributed by atoms with van der Waals surface area (Å²) in [5, 5.41) is 0. The third-order valence-corrected chi connectivity index (χ3v) is 5.52. The maximum atomic E-state index is 7.05. The van der Waals surface area contributed by atoms with Gasteiger partial charge in [-0.15, -0.1) is 0 Å². The summed E-state index contributed by atoms with van der Waals surface area (Å²) in [6.45, 7) is 13.0. The second-order valence-electron chi connectivity index (χ2n) is 8.34. The minimum Gasteiger partial charge on any atom is -0.352 e. The maximum Gasteiger partial charge on any atom is 0.106 e. The van der Waals surface area contributed by atoms with Crippen molar-refractivity contribution in [3.63, 3.8) is 0 Å². The van der Waals surface area contributed by atoms with Gasteiger partial charge in [-0.2, -0.15) is 0 Å². The summed E-state index contributed by atoms with van der Waals surface area (Å²) in [7, 11) is 0. The van der Waals surface area contributed by atoms with Crippen molar-refractivity contribution < 1.29 is 4.74 Å². The van der Waals surface area contributed by atoms with Crippen LogP contribution in [0, 0.1) is 0 Å². The quantitative estimate of drug-likeness (QED) is 0.164. The monoisotopic (exact) mass is 402 g/mol. The largest absolute Gasteiger partial charge is 0.352 e. The molecule has 0 unspecified atom stereocenters. The molecule has 0 aromatic rings. The highest BCUT2D eigenvalue weighted by Gasteiger charge is 2.35. The van der Waals surface area contributed by atoms with Crippen molar-refractivity contribution in [1.82, 2.24) is 0 Å². The molecule has 0 aromatic heterocycles. The highest BCUT2D eigenvalue weighted by molar-refractivity contribution is 5.21. The minimum absolute atomic E-state index is 0.335. The van der Waals surface area contributed by atoms with Gasteiger partial charge in [-0.3, -0.25) is 0 Å². The fraction of sp³-hybridized carbons (Fsp3) is 0.714. The minimum atomic E-state index is -0.335. The molecule has 0 heterocycles. The molecule has 0 aliphatic rings. The molecule has 0 aliphatic carbocycles. The van der Waals surface area contributed by atoms with Crippen LogP contribution in [0.4, 0.5) is 0 Å². The van der Waals surface area contributed by atoms with Gasteiger partial charge >= 0.3 is 0 Å². The Bertz CT molecular complexity index is 413. The Hall–Kier alpha value is -1.08. The fourth-order valence-electron chi connectivity index (χ4n) is 4.17. The zero-order chi connectivity index (χ0) is 21.8. The van der Waals surface area contributed by atoms with E-state index in [1.165, 1.54) is 64.2 Å². The Morgan fingerprint density at radius 1 is 0.483 bits per heavy atom. The summed E-state index contributed by atoms with van der Waals surface area (Å²) in [6, 6.07) is 0. The van der Waals surface area contributed by atoms with Crippen molar-refractivity contribution in [2.45, 2.75) is 130 Å². The number of rotatable bonds is 18. The van der Waals surface area contributed by atoms with E-state index in [4.69, 9.17) is 4.74 Å². The molecule has 1 nitrogen and oxygen atoms in total. The average Bonchev–Trinajstić information content (AvgIpc) is 2.68. The zero-order valence-corrected chi connectivity index (χ0v) is 20.5. The molecule has 0 aromatic carbocycles. The van der Waals surface area contributed by atoms with Gasteiger partial charge in [0.25, 0.3) is 0 Å². The second kappa shape index (κ2) is 17.8. The van der Waals surface area contributed by atoms with Gasteiger partial charge in [-0.25, -0.2) is 0 Å². The predicted octanol–water partition coefficient (Wildman–Crippen LogP) is 9.51. The molecule has 0 N–H and O–H groups in total. The molecule has 0 bridgehead atoms. The van der Waals surface area contributed by atoms with E-state index < -0.39 is 0 Å². The summed E-state index contributed by atoms with van der Waals surface area (Å²) < 4.78 is 7.05. The third kappa shape index (κ3) is 12.3. The van der Waals surface area contributed by atoms with E-state index in [0.717, 1.165) is 12.8 Å². The van der Waals surface area contributed by atoms with Crippen LogP contribution in [0.15, 0.2) is 48.6 Å². The van der Waals surface area contributed by atoms with Crippen molar-refractivity contribution in [1.29, 1.82) is 0 Å². The lowest BCUT2D eigenvalue weighted by Crippen LogP contribution is -2.40. The van der Waals surface area contributed by atoms with Crippen LogP contribution in [0.1, 0.15) is 119 Å². The van der Waals surface area contributed by atoms with Crippen LogP contribution in [-0.2, 0) is 4.74 Å². The highest BCUT2D eigenvalue weighted by Crippen LogP contribution is 2.35. The Kier molecular flexibility index (Phi) is 17.1. The molecule has 0 spiro atoms. The Labute approximate surface area is 183 Å². The van der Waals surface area contributed by atoms with E-state index in [2.05, 4.69) is 90.2 Å². The van der Waals surface area contributed by atoms with E-state index in [9.17, 15) is 0 Å². The van der Waals surface area contributed by atoms with Crippen LogP contribution >= 0.6 is 0 Å². The molecular weight excluding hydrogens is 352 g/mol. The van der Waals surface area contributed by atoms with Gasteiger partial charge in [0.15, 0.2) is 0 Å². The first-order valence-electron chi connectivity index (χ1n) is 12.3. The Morgan fingerprint density at radius 3 is 1.07 bits per heavy atom. The summed E-state index contributed by atoms with van der Waals surface area (Å²) >= 11 is 0. The Morgan fingerprint density at radius 2 is 0.793 bits per heavy atom. The summed E-state index contributed by atoms with van der Waals surface area (Å²) in [5.74, 6) is 0. The topological polar surface area (TPSA) is 9.23 Å². The zero-order valence-electron chi connectivity index (χ0n) is 20.5. The molecule has 1 heteroatoms. The summed E-state index contributed by atoms with van der Waals surface area (Å²) in [6.07, 6.45) is 32.6. The molecule has 168 valence electrons. The molecule has 0 saturated heterocycles. The third-order valence-electron chi connectivity index (χ3n) is 5.52. The molecular formula is C28H50O. The van der Waals surface area contributed by atoms with Gasteiger partial charge < -0.3 is 4.74 Å². The van der Waals surface area contributed by atoms with Crippen LogP contribution in [-0.4, -0.2) is 11.2 Å². The van der Waals surface area contributed by atoms with Gasteiger partial charge in [0, 0.05) is 0 Å². The number of unbranched alkanes of at least 4 members (excludes halogenated alkanes) is 8. The van der Waals surface area contributed by atoms with E-state index in [1.54, 1.807) is 0 Å². The molecule has 0 fully saturated rings. The SMILES string of the molecule is C/C=C\C(/C=C\C)(CCCCCCC)OC(/C=C\C)(/C=C\C)CCCCCCC. The smallest absolute Gasteiger partial charge is 0.106 e. The molecule has 0 rings (SSSR count). The number of hydrogen-bond donors (Lipinski definition) is 0. The van der Waals surface area contributed by atoms with E-state index in [0.29, 0.717) is 0 Å². The van der Waals surface area contributed by atoms with Gasteiger partial charge in [-0.05, 0) is 53.4 Å². The van der Waals surface area contributed by atoms with Crippen LogP contribution in [0.2, 0.25) is 0 Å². The van der Waals surface area contributed by atoms with E-state index >= 15 is 0 Å². The van der Waals surface area contributed by atoms with Crippen molar-refractivity contribution in [3.8, 4) is 0 Å². The van der Waals surface area contributed by atoms with Crippen molar-refractivity contribution >= 4 is 0 Å². The highest BCUT2D eigenvalue weighted by atomic mass is 16.5. The fourth-order valence-corrected chi connectivity index (χ4v) is 4.17. The predicted molar refractivity (Wildman–Crippen MR) is 133 cm³/mol. The van der Waals surface area contributed by atoms with Crippen molar-refractivity contribution in [2.24, 2.45) is 0 Å². The molecule has 0 saturated carbocycles. The van der Waals surface area contributed by atoms with E-state index in [-0.39, 0.29) is 11.2 Å². The van der Waals surface area contributed by atoms with Crippen LogP contribution in [0.3, 0.4) is 0 Å². The first-order chi connectivity index (χ1) is 14.1. The lowest BCUT2D eigenvalue weighted by molar-refractivity contribution is -0.0658.